The summed E-state index contributed by atoms with van der Waals surface area (Å²) < 4.78 is 16.0. The van der Waals surface area contributed by atoms with Crippen LogP contribution in [0.2, 0.25) is 0 Å². The van der Waals surface area contributed by atoms with E-state index in [1.165, 1.54) is 0 Å². The Morgan fingerprint density at radius 3 is 1.63 bits per heavy atom. The van der Waals surface area contributed by atoms with Crippen molar-refractivity contribution in [3.8, 4) is 0 Å². The third-order valence-electron chi connectivity index (χ3n) is 3.63. The van der Waals surface area contributed by atoms with E-state index in [0.717, 1.165) is 0 Å². The Hall–Kier alpha value is -1.51. The molecule has 2 amide bonds. The topological polar surface area (TPSA) is 103 Å². The van der Waals surface area contributed by atoms with Gasteiger partial charge in [0, 0.05) is 37.8 Å². The molecule has 0 aliphatic rings. The van der Waals surface area contributed by atoms with Gasteiger partial charge in [0.2, 0.25) is 11.8 Å². The number of carbonyl (C=O) groups excluding carboxylic acids is 3. The molecule has 0 spiro atoms. The molecule has 0 aromatic heterocycles. The van der Waals surface area contributed by atoms with E-state index >= 15 is 0 Å². The van der Waals surface area contributed by atoms with E-state index in [9.17, 15) is 14.4 Å². The molecule has 0 rings (SSSR count). The van der Waals surface area contributed by atoms with Crippen molar-refractivity contribution in [2.45, 2.75) is 40.5 Å². The average Bonchev–Trinajstić information content (AvgIpc) is 2.62. The molecule has 0 fully saturated rings. The maximum Gasteiger partial charge on any atom is 0.222 e. The highest BCUT2D eigenvalue weighted by molar-refractivity contribution is 5.85. The predicted octanol–water partition coefficient (Wildman–Crippen LogP) is 0.930. The van der Waals surface area contributed by atoms with Crippen LogP contribution in [0.1, 0.15) is 40.5 Å². The number of hydrogen-bond acceptors (Lipinski definition) is 6. The number of nitrogens with one attached hydrogen (secondary N) is 2. The van der Waals surface area contributed by atoms with Crippen molar-refractivity contribution >= 4 is 17.6 Å². The van der Waals surface area contributed by atoms with Gasteiger partial charge in [-0.3, -0.25) is 14.4 Å². The molecule has 0 aromatic carbocycles. The lowest BCUT2D eigenvalue weighted by Crippen LogP contribution is -2.31. The molecule has 2 N–H and O–H groups in total. The molecule has 0 saturated heterocycles. The molecule has 0 aliphatic heterocycles. The summed E-state index contributed by atoms with van der Waals surface area (Å²) in [5.41, 5.74) is 0. The fourth-order valence-electron chi connectivity index (χ4n) is 1.87. The summed E-state index contributed by atoms with van der Waals surface area (Å²) in [7, 11) is 0. The van der Waals surface area contributed by atoms with Crippen molar-refractivity contribution in [1.82, 2.24) is 10.6 Å². The van der Waals surface area contributed by atoms with E-state index < -0.39 is 0 Å². The highest BCUT2D eigenvalue weighted by Gasteiger charge is 2.09. The monoisotopic (exact) mass is 388 g/mol. The summed E-state index contributed by atoms with van der Waals surface area (Å²) in [6.45, 7) is 10.9. The highest BCUT2D eigenvalue weighted by Crippen LogP contribution is 2.01. The average molecular weight is 389 g/mol. The van der Waals surface area contributed by atoms with Gasteiger partial charge in [-0.25, -0.2) is 0 Å². The van der Waals surface area contributed by atoms with Crippen LogP contribution in [0.4, 0.5) is 0 Å². The van der Waals surface area contributed by atoms with Crippen molar-refractivity contribution in [2.75, 3.05) is 52.7 Å². The van der Waals surface area contributed by atoms with Crippen LogP contribution >= 0.6 is 0 Å². The zero-order valence-corrected chi connectivity index (χ0v) is 17.2. The number of amides is 2. The fourth-order valence-corrected chi connectivity index (χ4v) is 1.87. The first-order valence-corrected chi connectivity index (χ1v) is 9.65. The first-order chi connectivity index (χ1) is 12.8. The lowest BCUT2D eigenvalue weighted by Gasteiger charge is -2.09. The van der Waals surface area contributed by atoms with Gasteiger partial charge >= 0.3 is 0 Å². The zero-order valence-electron chi connectivity index (χ0n) is 17.2. The van der Waals surface area contributed by atoms with Gasteiger partial charge in [-0.2, -0.15) is 0 Å². The second-order valence-corrected chi connectivity index (χ2v) is 6.75. The quantitative estimate of drug-likeness (QED) is 0.359. The van der Waals surface area contributed by atoms with E-state index in [-0.39, 0.29) is 42.3 Å². The molecule has 0 saturated carbocycles. The molecule has 0 heterocycles. The lowest BCUT2D eigenvalue weighted by atomic mass is 10.0. The van der Waals surface area contributed by atoms with E-state index in [1.807, 2.05) is 27.7 Å². The van der Waals surface area contributed by atoms with Crippen molar-refractivity contribution < 1.29 is 28.6 Å². The van der Waals surface area contributed by atoms with Crippen molar-refractivity contribution in [2.24, 2.45) is 11.8 Å². The summed E-state index contributed by atoms with van der Waals surface area (Å²) in [4.78, 5) is 34.3. The maximum absolute atomic E-state index is 11.5. The molecule has 0 atom stereocenters. The summed E-state index contributed by atoms with van der Waals surface area (Å²) in [5, 5.41) is 5.48. The molecule has 0 radical (unpaired) electrons. The molecular weight excluding hydrogens is 352 g/mol. The van der Waals surface area contributed by atoms with Gasteiger partial charge in [0.25, 0.3) is 0 Å². The number of ether oxygens (including phenoxy) is 3. The van der Waals surface area contributed by atoms with Crippen LogP contribution in [0.25, 0.3) is 0 Å². The van der Waals surface area contributed by atoms with Crippen LogP contribution in [0.5, 0.6) is 0 Å². The number of rotatable bonds is 17. The van der Waals surface area contributed by atoms with E-state index in [4.69, 9.17) is 14.2 Å². The van der Waals surface area contributed by atoms with Crippen LogP contribution in [-0.4, -0.2) is 70.3 Å². The molecule has 158 valence electrons. The SMILES string of the molecule is CC(C)C(=O)CCC(=O)NCCOCCOCCOCCNC(=O)C(C)C. The maximum atomic E-state index is 11.5. The predicted molar refractivity (Wildman–Crippen MR) is 102 cm³/mol. The normalized spacial score (nSPS) is 11.0. The number of hydrogen-bond donors (Lipinski definition) is 2. The van der Waals surface area contributed by atoms with Gasteiger partial charge in [0.1, 0.15) is 5.78 Å². The second kappa shape index (κ2) is 16.6. The Kier molecular flexibility index (Phi) is 15.7. The molecule has 27 heavy (non-hydrogen) atoms. The third kappa shape index (κ3) is 16.4. The smallest absolute Gasteiger partial charge is 0.222 e. The minimum atomic E-state index is -0.134. The first kappa shape index (κ1) is 25.5. The summed E-state index contributed by atoms with van der Waals surface area (Å²) in [6, 6.07) is 0. The Morgan fingerprint density at radius 1 is 0.667 bits per heavy atom. The number of carbonyl (C=O) groups is 3. The first-order valence-electron chi connectivity index (χ1n) is 9.65. The van der Waals surface area contributed by atoms with Gasteiger partial charge < -0.3 is 24.8 Å². The minimum Gasteiger partial charge on any atom is -0.377 e. The standard InChI is InChI=1S/C19H36N2O6/c1-15(2)17(22)5-6-18(23)20-7-9-25-11-13-27-14-12-26-10-8-21-19(24)16(3)4/h15-16H,5-14H2,1-4H3,(H,20,23)(H,21,24). The van der Waals surface area contributed by atoms with Crippen LogP contribution < -0.4 is 10.6 Å². The summed E-state index contributed by atoms with van der Waals surface area (Å²) in [5.74, 6) is -0.0614. The van der Waals surface area contributed by atoms with E-state index in [1.54, 1.807) is 0 Å². The summed E-state index contributed by atoms with van der Waals surface area (Å²) >= 11 is 0. The lowest BCUT2D eigenvalue weighted by molar-refractivity contribution is -0.126. The number of Topliss-reactive ketones (excluding diaryl/α,β-unsaturated/α-hetero) is 1. The van der Waals surface area contributed by atoms with Crippen LogP contribution in [0.3, 0.4) is 0 Å². The van der Waals surface area contributed by atoms with Gasteiger partial charge in [-0.1, -0.05) is 27.7 Å². The van der Waals surface area contributed by atoms with Crippen LogP contribution in [0, 0.1) is 11.8 Å². The van der Waals surface area contributed by atoms with Crippen LogP contribution in [0.15, 0.2) is 0 Å². The third-order valence-corrected chi connectivity index (χ3v) is 3.63. The Morgan fingerprint density at radius 2 is 1.15 bits per heavy atom. The van der Waals surface area contributed by atoms with Gasteiger partial charge in [0.05, 0.1) is 39.6 Å². The van der Waals surface area contributed by atoms with E-state index in [2.05, 4.69) is 10.6 Å². The van der Waals surface area contributed by atoms with Crippen molar-refractivity contribution in [3.05, 3.63) is 0 Å². The minimum absolute atomic E-state index is 0.0178. The largest absolute Gasteiger partial charge is 0.377 e. The van der Waals surface area contributed by atoms with Crippen LogP contribution in [-0.2, 0) is 28.6 Å². The molecule has 8 heteroatoms. The van der Waals surface area contributed by atoms with Crippen molar-refractivity contribution in [1.29, 1.82) is 0 Å². The second-order valence-electron chi connectivity index (χ2n) is 6.75. The van der Waals surface area contributed by atoms with Gasteiger partial charge in [-0.15, -0.1) is 0 Å². The molecule has 0 unspecified atom stereocenters. The number of ketones is 1. The Balaban J connectivity index is 3.28. The van der Waals surface area contributed by atoms with Gasteiger partial charge in [-0.05, 0) is 0 Å². The molecule has 0 aromatic rings. The van der Waals surface area contributed by atoms with Gasteiger partial charge in [0.15, 0.2) is 0 Å². The molecule has 8 nitrogen and oxygen atoms in total. The molecule has 0 bridgehead atoms. The van der Waals surface area contributed by atoms with Crippen molar-refractivity contribution in [3.63, 3.8) is 0 Å². The summed E-state index contributed by atoms with van der Waals surface area (Å²) in [6.07, 6.45) is 0.506. The molecule has 0 aliphatic carbocycles. The van der Waals surface area contributed by atoms with E-state index in [0.29, 0.717) is 52.7 Å². The Bertz CT molecular complexity index is 426. The fraction of sp³-hybridized carbons (Fsp3) is 0.842. The Labute approximate surface area is 162 Å². The molecular formula is C19H36N2O6. The highest BCUT2D eigenvalue weighted by atomic mass is 16.5. The zero-order chi connectivity index (χ0) is 20.5.